The summed E-state index contributed by atoms with van der Waals surface area (Å²) in [6.07, 6.45) is 1.45. The fraction of sp³-hybridized carbons (Fsp3) is 0.125. The van der Waals surface area contributed by atoms with Crippen LogP contribution in [0.2, 0.25) is 0 Å². The fourth-order valence-corrected chi connectivity index (χ4v) is 1.87. The summed E-state index contributed by atoms with van der Waals surface area (Å²) in [5.41, 5.74) is 5.80. The van der Waals surface area contributed by atoms with Crippen LogP contribution in [0.5, 0.6) is 0 Å². The van der Waals surface area contributed by atoms with Gasteiger partial charge in [0.2, 0.25) is 0 Å². The van der Waals surface area contributed by atoms with Crippen LogP contribution in [0.15, 0.2) is 47.6 Å². The highest BCUT2D eigenvalue weighted by Crippen LogP contribution is 2.18. The number of carbonyl (C=O) groups is 1. The molecule has 0 spiro atoms. The Hall–Kier alpha value is -2.69. The molecule has 2 amide bonds. The molecule has 0 bridgehead atoms. The second-order valence-corrected chi connectivity index (χ2v) is 4.64. The van der Waals surface area contributed by atoms with E-state index in [0.717, 1.165) is 16.8 Å². The number of halogens is 1. The molecule has 0 aliphatic carbocycles. The zero-order valence-electron chi connectivity index (χ0n) is 11.9. The smallest absolute Gasteiger partial charge is 0.306 e. The molecular formula is C16H16FN3O. The number of rotatable bonds is 3. The van der Waals surface area contributed by atoms with E-state index >= 15 is 0 Å². The van der Waals surface area contributed by atoms with E-state index in [2.05, 4.69) is 15.8 Å². The molecule has 108 valence electrons. The third-order valence-corrected chi connectivity index (χ3v) is 2.97. The molecule has 0 aliphatic rings. The van der Waals surface area contributed by atoms with Gasteiger partial charge in [0.1, 0.15) is 5.82 Å². The number of aryl methyl sites for hydroxylation is 2. The number of nitrogens with zero attached hydrogens (tertiary/aromatic N) is 1. The quantitative estimate of drug-likeness (QED) is 0.657. The summed E-state index contributed by atoms with van der Waals surface area (Å²) in [4.78, 5) is 11.8. The Balaban J connectivity index is 1.95. The minimum atomic E-state index is -0.425. The standard InChI is InChI=1S/C16H16FN3O/c1-11-4-3-5-12(2)15(11)19-16(21)20-18-10-13-6-8-14(17)9-7-13/h3-10H,1-2H3,(H2,19,20,21)/b18-10+. The first-order valence-electron chi connectivity index (χ1n) is 6.48. The maximum absolute atomic E-state index is 12.7. The van der Waals surface area contributed by atoms with Crippen LogP contribution in [0.4, 0.5) is 14.9 Å². The first-order chi connectivity index (χ1) is 10.1. The van der Waals surface area contributed by atoms with E-state index in [1.165, 1.54) is 18.3 Å². The van der Waals surface area contributed by atoms with Gasteiger partial charge in [-0.05, 0) is 42.7 Å². The third kappa shape index (κ3) is 4.14. The van der Waals surface area contributed by atoms with E-state index in [0.29, 0.717) is 5.56 Å². The second-order valence-electron chi connectivity index (χ2n) is 4.64. The van der Waals surface area contributed by atoms with Gasteiger partial charge in [-0.3, -0.25) is 0 Å². The lowest BCUT2D eigenvalue weighted by molar-refractivity contribution is 0.252. The van der Waals surface area contributed by atoms with Crippen molar-refractivity contribution in [3.8, 4) is 0 Å². The van der Waals surface area contributed by atoms with Crippen LogP contribution in [0.25, 0.3) is 0 Å². The molecule has 0 heterocycles. The maximum Gasteiger partial charge on any atom is 0.339 e. The summed E-state index contributed by atoms with van der Waals surface area (Å²) in [6.45, 7) is 3.84. The number of para-hydroxylation sites is 1. The second kappa shape index (κ2) is 6.65. The van der Waals surface area contributed by atoms with Crippen molar-refractivity contribution in [2.24, 2.45) is 5.10 Å². The number of hydrogen-bond acceptors (Lipinski definition) is 2. The van der Waals surface area contributed by atoms with Crippen LogP contribution < -0.4 is 10.7 Å². The van der Waals surface area contributed by atoms with E-state index in [1.807, 2.05) is 32.0 Å². The Morgan fingerprint density at radius 3 is 2.33 bits per heavy atom. The molecule has 2 aromatic rings. The zero-order chi connectivity index (χ0) is 15.2. The van der Waals surface area contributed by atoms with E-state index < -0.39 is 6.03 Å². The summed E-state index contributed by atoms with van der Waals surface area (Å²) < 4.78 is 12.7. The van der Waals surface area contributed by atoms with Crippen molar-refractivity contribution >= 4 is 17.9 Å². The molecule has 0 saturated heterocycles. The summed E-state index contributed by atoms with van der Waals surface area (Å²) in [6, 6.07) is 11.2. The number of amides is 2. The first-order valence-corrected chi connectivity index (χ1v) is 6.48. The molecule has 2 rings (SSSR count). The molecule has 0 atom stereocenters. The number of urea groups is 1. The van der Waals surface area contributed by atoms with Crippen molar-refractivity contribution in [3.05, 3.63) is 65.0 Å². The first kappa shape index (κ1) is 14.7. The predicted molar refractivity (Wildman–Crippen MR) is 82.1 cm³/mol. The highest BCUT2D eigenvalue weighted by molar-refractivity contribution is 5.91. The van der Waals surface area contributed by atoms with Gasteiger partial charge in [0.15, 0.2) is 0 Å². The van der Waals surface area contributed by atoms with Gasteiger partial charge in [-0.2, -0.15) is 5.10 Å². The van der Waals surface area contributed by atoms with Crippen molar-refractivity contribution in [3.63, 3.8) is 0 Å². The Labute approximate surface area is 122 Å². The van der Waals surface area contributed by atoms with Crippen molar-refractivity contribution in [1.82, 2.24) is 5.43 Å². The molecule has 0 fully saturated rings. The minimum Gasteiger partial charge on any atom is -0.306 e. The molecule has 2 aromatic carbocycles. The Morgan fingerprint density at radius 2 is 1.71 bits per heavy atom. The van der Waals surface area contributed by atoms with Gasteiger partial charge >= 0.3 is 6.03 Å². The van der Waals surface area contributed by atoms with Gasteiger partial charge in [-0.1, -0.05) is 30.3 Å². The van der Waals surface area contributed by atoms with E-state index in [1.54, 1.807) is 12.1 Å². The monoisotopic (exact) mass is 285 g/mol. The highest BCUT2D eigenvalue weighted by Gasteiger charge is 2.05. The van der Waals surface area contributed by atoms with Gasteiger partial charge in [0.25, 0.3) is 0 Å². The van der Waals surface area contributed by atoms with Crippen molar-refractivity contribution in [2.75, 3.05) is 5.32 Å². The van der Waals surface area contributed by atoms with Crippen LogP contribution in [-0.2, 0) is 0 Å². The number of hydrazone groups is 1. The molecule has 5 heteroatoms. The lowest BCUT2D eigenvalue weighted by atomic mass is 10.1. The van der Waals surface area contributed by atoms with E-state index in [-0.39, 0.29) is 5.82 Å². The van der Waals surface area contributed by atoms with Crippen LogP contribution in [-0.4, -0.2) is 12.2 Å². The SMILES string of the molecule is Cc1cccc(C)c1NC(=O)N/N=C/c1ccc(F)cc1. The zero-order valence-corrected chi connectivity index (χ0v) is 11.9. The van der Waals surface area contributed by atoms with Crippen molar-refractivity contribution in [2.45, 2.75) is 13.8 Å². The van der Waals surface area contributed by atoms with E-state index in [4.69, 9.17) is 0 Å². The predicted octanol–water partition coefficient (Wildman–Crippen LogP) is 3.60. The van der Waals surface area contributed by atoms with Crippen LogP contribution >= 0.6 is 0 Å². The number of anilines is 1. The summed E-state index contributed by atoms with van der Waals surface area (Å²) in [5, 5.41) is 6.57. The van der Waals surface area contributed by atoms with Gasteiger partial charge in [0.05, 0.1) is 6.21 Å². The largest absolute Gasteiger partial charge is 0.339 e. The van der Waals surface area contributed by atoms with Crippen LogP contribution in [0.3, 0.4) is 0 Å². The third-order valence-electron chi connectivity index (χ3n) is 2.97. The Kier molecular flexibility index (Phi) is 4.66. The number of nitrogens with one attached hydrogen (secondary N) is 2. The molecule has 0 aromatic heterocycles. The average molecular weight is 285 g/mol. The summed E-state index contributed by atoms with van der Waals surface area (Å²) in [7, 11) is 0. The van der Waals surface area contributed by atoms with E-state index in [9.17, 15) is 9.18 Å². The number of carbonyl (C=O) groups excluding carboxylic acids is 1. The Morgan fingerprint density at radius 1 is 1.10 bits per heavy atom. The number of benzene rings is 2. The molecule has 4 nitrogen and oxygen atoms in total. The summed E-state index contributed by atoms with van der Waals surface area (Å²) >= 11 is 0. The maximum atomic E-state index is 12.7. The molecule has 0 unspecified atom stereocenters. The average Bonchev–Trinajstić information content (AvgIpc) is 2.45. The minimum absolute atomic E-state index is 0.312. The van der Waals surface area contributed by atoms with Gasteiger partial charge in [-0.25, -0.2) is 14.6 Å². The van der Waals surface area contributed by atoms with Crippen molar-refractivity contribution in [1.29, 1.82) is 0 Å². The van der Waals surface area contributed by atoms with Crippen molar-refractivity contribution < 1.29 is 9.18 Å². The van der Waals surface area contributed by atoms with Gasteiger partial charge in [0, 0.05) is 5.69 Å². The Bertz CT molecular complexity index is 645. The topological polar surface area (TPSA) is 53.5 Å². The molecular weight excluding hydrogens is 269 g/mol. The molecule has 0 radical (unpaired) electrons. The lowest BCUT2D eigenvalue weighted by Crippen LogP contribution is -2.25. The molecule has 2 N–H and O–H groups in total. The van der Waals surface area contributed by atoms with Gasteiger partial charge in [-0.15, -0.1) is 0 Å². The highest BCUT2D eigenvalue weighted by atomic mass is 19.1. The normalized spacial score (nSPS) is 10.6. The molecule has 21 heavy (non-hydrogen) atoms. The molecule has 0 aliphatic heterocycles. The summed E-state index contributed by atoms with van der Waals surface area (Å²) in [5.74, 6) is -0.312. The van der Waals surface area contributed by atoms with Crippen LogP contribution in [0, 0.1) is 19.7 Å². The van der Waals surface area contributed by atoms with Gasteiger partial charge < -0.3 is 5.32 Å². The van der Waals surface area contributed by atoms with Crippen LogP contribution in [0.1, 0.15) is 16.7 Å². The lowest BCUT2D eigenvalue weighted by Gasteiger charge is -2.10. The number of hydrogen-bond donors (Lipinski definition) is 2. The molecule has 0 saturated carbocycles. The fourth-order valence-electron chi connectivity index (χ4n) is 1.87.